The lowest BCUT2D eigenvalue weighted by molar-refractivity contribution is 0.100. The van der Waals surface area contributed by atoms with Crippen molar-refractivity contribution in [1.82, 2.24) is 15.5 Å². The molecule has 8 nitrogen and oxygen atoms in total. The number of alkyl carbamates (subject to hydrolysis) is 1. The third-order valence-corrected chi connectivity index (χ3v) is 7.04. The number of nitrogens with one attached hydrogen (secondary N) is 3. The van der Waals surface area contributed by atoms with Crippen LogP contribution in [0.4, 0.5) is 20.7 Å². The monoisotopic (exact) mass is 436 g/mol. The molecule has 2 heterocycles. The standard InChI is InChI=1S/C20H25FN4O4S/c1-2-7-22-20(26)29-14-5-3-12(8-14)17-9-18(25-24-17)23-16-6-4-13-10-30(27,28)11-15(13)19(16)21/h4,6,9,12,14H,2-3,5,7-8,10-11H2,1H3,(H,22,26)(H2,23,24,25)/t12-,14+/m1/s1. The van der Waals surface area contributed by atoms with Gasteiger partial charge < -0.3 is 15.4 Å². The first kappa shape index (κ1) is 20.6. The van der Waals surface area contributed by atoms with E-state index in [4.69, 9.17) is 4.74 Å². The molecule has 1 saturated carbocycles. The number of rotatable bonds is 6. The number of anilines is 2. The molecule has 0 radical (unpaired) electrons. The zero-order chi connectivity index (χ0) is 21.3. The van der Waals surface area contributed by atoms with Crippen molar-refractivity contribution in [2.24, 2.45) is 0 Å². The minimum Gasteiger partial charge on any atom is -0.446 e. The van der Waals surface area contributed by atoms with Crippen LogP contribution in [0.15, 0.2) is 18.2 Å². The van der Waals surface area contributed by atoms with Crippen LogP contribution in [0.5, 0.6) is 0 Å². The first-order chi connectivity index (χ1) is 14.3. The Bertz CT molecular complexity index is 1050. The second-order valence-corrected chi connectivity index (χ2v) is 9.96. The molecular formula is C20H25FN4O4S. The zero-order valence-electron chi connectivity index (χ0n) is 16.7. The predicted octanol–water partition coefficient (Wildman–Crippen LogP) is 3.49. The van der Waals surface area contributed by atoms with Crippen LogP contribution in [0.3, 0.4) is 0 Å². The molecule has 1 aromatic heterocycles. The predicted molar refractivity (Wildman–Crippen MR) is 110 cm³/mol. The first-order valence-electron chi connectivity index (χ1n) is 10.1. The van der Waals surface area contributed by atoms with Crippen LogP contribution in [0.25, 0.3) is 0 Å². The molecule has 0 bridgehead atoms. The quantitative estimate of drug-likeness (QED) is 0.639. The van der Waals surface area contributed by atoms with Crippen LogP contribution < -0.4 is 10.6 Å². The highest BCUT2D eigenvalue weighted by Crippen LogP contribution is 2.37. The Morgan fingerprint density at radius 2 is 2.17 bits per heavy atom. The number of nitrogens with zero attached hydrogens (tertiary/aromatic N) is 1. The summed E-state index contributed by atoms with van der Waals surface area (Å²) in [5, 5.41) is 12.8. The summed E-state index contributed by atoms with van der Waals surface area (Å²) in [6.45, 7) is 2.57. The summed E-state index contributed by atoms with van der Waals surface area (Å²) in [6.07, 6.45) is 2.67. The number of carbonyl (C=O) groups is 1. The fourth-order valence-corrected chi connectivity index (χ4v) is 5.65. The van der Waals surface area contributed by atoms with Gasteiger partial charge in [0.05, 0.1) is 17.2 Å². The van der Waals surface area contributed by atoms with Gasteiger partial charge in [0.2, 0.25) is 0 Å². The van der Waals surface area contributed by atoms with Crippen LogP contribution in [-0.4, -0.2) is 37.4 Å². The van der Waals surface area contributed by atoms with Crippen LogP contribution in [-0.2, 0) is 26.1 Å². The minimum absolute atomic E-state index is 0.118. The maximum Gasteiger partial charge on any atom is 0.407 e. The van der Waals surface area contributed by atoms with Gasteiger partial charge in [-0.15, -0.1) is 0 Å². The number of hydrogen-bond acceptors (Lipinski definition) is 6. The van der Waals surface area contributed by atoms with Crippen LogP contribution >= 0.6 is 0 Å². The number of fused-ring (bicyclic) bond motifs is 1. The molecule has 10 heteroatoms. The van der Waals surface area contributed by atoms with Gasteiger partial charge in [-0.05, 0) is 37.3 Å². The summed E-state index contributed by atoms with van der Waals surface area (Å²) >= 11 is 0. The molecule has 4 rings (SSSR count). The third kappa shape index (κ3) is 4.43. The molecule has 0 unspecified atom stereocenters. The van der Waals surface area contributed by atoms with Crippen molar-refractivity contribution >= 4 is 27.4 Å². The summed E-state index contributed by atoms with van der Waals surface area (Å²) in [6, 6.07) is 4.99. The van der Waals surface area contributed by atoms with E-state index < -0.39 is 15.7 Å². The average Bonchev–Trinajstić information content (AvgIpc) is 3.40. The van der Waals surface area contributed by atoms with Crippen molar-refractivity contribution in [3.63, 3.8) is 0 Å². The molecule has 1 aromatic carbocycles. The number of H-pyrrole nitrogens is 1. The maximum absolute atomic E-state index is 14.8. The Morgan fingerprint density at radius 1 is 1.33 bits per heavy atom. The number of aromatic amines is 1. The smallest absolute Gasteiger partial charge is 0.407 e. The number of hydrogen-bond donors (Lipinski definition) is 3. The van der Waals surface area contributed by atoms with Crippen molar-refractivity contribution < 1.29 is 22.3 Å². The lowest BCUT2D eigenvalue weighted by Crippen LogP contribution is -2.28. The van der Waals surface area contributed by atoms with Gasteiger partial charge in [-0.1, -0.05) is 13.0 Å². The molecule has 1 amide bonds. The molecule has 30 heavy (non-hydrogen) atoms. The molecule has 1 fully saturated rings. The molecule has 1 aliphatic carbocycles. The largest absolute Gasteiger partial charge is 0.446 e. The van der Waals surface area contributed by atoms with Gasteiger partial charge in [-0.25, -0.2) is 17.6 Å². The van der Waals surface area contributed by atoms with E-state index in [0.717, 1.165) is 25.0 Å². The average molecular weight is 437 g/mol. The Balaban J connectivity index is 1.38. The molecule has 0 spiro atoms. The summed E-state index contributed by atoms with van der Waals surface area (Å²) in [5.74, 6) is -0.314. The zero-order valence-corrected chi connectivity index (χ0v) is 17.5. The molecule has 2 aliphatic rings. The highest BCUT2D eigenvalue weighted by Gasteiger charge is 2.31. The van der Waals surface area contributed by atoms with Gasteiger partial charge in [0.15, 0.2) is 21.5 Å². The summed E-state index contributed by atoms with van der Waals surface area (Å²) in [5.41, 5.74) is 1.83. The summed E-state index contributed by atoms with van der Waals surface area (Å²) < 4.78 is 43.7. The number of halogens is 1. The highest BCUT2D eigenvalue weighted by molar-refractivity contribution is 7.90. The number of ether oxygens (including phenoxy) is 1. The lowest BCUT2D eigenvalue weighted by atomic mass is 10.0. The van der Waals surface area contributed by atoms with Crippen LogP contribution in [0.2, 0.25) is 0 Å². The van der Waals surface area contributed by atoms with E-state index in [1.165, 1.54) is 6.07 Å². The molecule has 0 saturated heterocycles. The Kier molecular flexibility index (Phi) is 5.68. The SMILES string of the molecule is CCCNC(=O)O[C@H]1CC[C@@H](c2cc(Nc3ccc4c(c3F)CS(=O)(=O)C4)n[nH]2)C1. The number of carbonyl (C=O) groups excluding carboxylic acids is 1. The van der Waals surface area contributed by atoms with Gasteiger partial charge in [-0.3, -0.25) is 5.10 Å². The van der Waals surface area contributed by atoms with E-state index in [2.05, 4.69) is 20.8 Å². The highest BCUT2D eigenvalue weighted by atomic mass is 32.2. The van der Waals surface area contributed by atoms with Gasteiger partial charge >= 0.3 is 6.09 Å². The fraction of sp³-hybridized carbons (Fsp3) is 0.500. The van der Waals surface area contributed by atoms with Crippen LogP contribution in [0, 0.1) is 5.82 Å². The minimum atomic E-state index is -3.27. The van der Waals surface area contributed by atoms with Crippen molar-refractivity contribution in [1.29, 1.82) is 0 Å². The molecular weight excluding hydrogens is 411 g/mol. The second kappa shape index (κ2) is 8.25. The number of sulfone groups is 1. The lowest BCUT2D eigenvalue weighted by Gasteiger charge is -2.12. The van der Waals surface area contributed by atoms with Crippen molar-refractivity contribution in [3.8, 4) is 0 Å². The Hall–Kier alpha value is -2.62. The van der Waals surface area contributed by atoms with E-state index in [1.807, 2.05) is 13.0 Å². The molecule has 2 atom stereocenters. The fourth-order valence-electron chi connectivity index (χ4n) is 4.05. The number of aromatic nitrogens is 2. The molecule has 1 aliphatic heterocycles. The first-order valence-corrected chi connectivity index (χ1v) is 11.9. The Labute approximate surface area is 174 Å². The van der Waals surface area contributed by atoms with Gasteiger partial charge in [-0.2, -0.15) is 5.10 Å². The third-order valence-electron chi connectivity index (χ3n) is 5.56. The van der Waals surface area contributed by atoms with Crippen LogP contribution in [0.1, 0.15) is 55.3 Å². The second-order valence-electron chi connectivity index (χ2n) is 7.89. The molecule has 162 valence electrons. The van der Waals surface area contributed by atoms with Gasteiger partial charge in [0.1, 0.15) is 6.10 Å². The van der Waals surface area contributed by atoms with E-state index in [9.17, 15) is 17.6 Å². The maximum atomic E-state index is 14.8. The topological polar surface area (TPSA) is 113 Å². The molecule has 3 N–H and O–H groups in total. The molecule has 2 aromatic rings. The summed E-state index contributed by atoms with van der Waals surface area (Å²) in [7, 11) is -3.27. The number of amides is 1. The summed E-state index contributed by atoms with van der Waals surface area (Å²) in [4.78, 5) is 11.7. The van der Waals surface area contributed by atoms with Crippen molar-refractivity contribution in [2.45, 2.75) is 56.1 Å². The normalized spacial score (nSPS) is 21.9. The van der Waals surface area contributed by atoms with Crippen molar-refractivity contribution in [3.05, 3.63) is 40.8 Å². The van der Waals surface area contributed by atoms with E-state index in [1.54, 1.807) is 6.07 Å². The van der Waals surface area contributed by atoms with E-state index >= 15 is 0 Å². The Morgan fingerprint density at radius 3 is 2.97 bits per heavy atom. The van der Waals surface area contributed by atoms with Gasteiger partial charge in [0.25, 0.3) is 0 Å². The van der Waals surface area contributed by atoms with Gasteiger partial charge in [0, 0.05) is 29.8 Å². The number of benzene rings is 1. The van der Waals surface area contributed by atoms with Crippen molar-refractivity contribution in [2.75, 3.05) is 11.9 Å². The van der Waals surface area contributed by atoms with E-state index in [0.29, 0.717) is 24.3 Å². The van der Waals surface area contributed by atoms with E-state index in [-0.39, 0.29) is 40.9 Å².